The van der Waals surface area contributed by atoms with Crippen molar-refractivity contribution in [3.8, 4) is 17.2 Å². The number of carbonyl (C=O) groups excluding carboxylic acids is 1. The van der Waals surface area contributed by atoms with E-state index in [1.807, 2.05) is 92.7 Å². The summed E-state index contributed by atoms with van der Waals surface area (Å²) in [6.07, 6.45) is -0.193. The van der Waals surface area contributed by atoms with Crippen LogP contribution in [0.3, 0.4) is 0 Å². The third kappa shape index (κ3) is 8.43. The molecule has 1 unspecified atom stereocenters. The SMILES string of the molecule is CCON=C(COc1ccc(CC(OCC)C(=O)OCC)cc1)c1ccc(Oc2ccccc2)cc1. The first-order chi connectivity index (χ1) is 17.6. The fourth-order valence-corrected chi connectivity index (χ4v) is 3.38. The van der Waals surface area contributed by atoms with Crippen LogP contribution in [0, 0.1) is 0 Å². The predicted molar refractivity (Wildman–Crippen MR) is 139 cm³/mol. The minimum absolute atomic E-state index is 0.225. The Labute approximate surface area is 212 Å². The molecule has 3 rings (SSSR count). The van der Waals surface area contributed by atoms with Crippen LogP contribution >= 0.6 is 0 Å². The maximum atomic E-state index is 12.1. The van der Waals surface area contributed by atoms with Gasteiger partial charge < -0.3 is 23.8 Å². The average molecular weight is 492 g/mol. The molecule has 3 aromatic carbocycles. The summed E-state index contributed by atoms with van der Waals surface area (Å²) < 4.78 is 22.5. The lowest BCUT2D eigenvalue weighted by molar-refractivity contribution is -0.156. The second-order valence-corrected chi connectivity index (χ2v) is 7.73. The van der Waals surface area contributed by atoms with E-state index in [0.29, 0.717) is 37.7 Å². The van der Waals surface area contributed by atoms with Crippen molar-refractivity contribution in [3.05, 3.63) is 90.0 Å². The molecule has 0 aliphatic rings. The molecule has 0 aliphatic heterocycles. The molecular formula is C29H33NO6. The molecule has 0 bridgehead atoms. The smallest absolute Gasteiger partial charge is 0.335 e. The standard InChI is InChI=1S/C29H33NO6/c1-4-32-28(29(31)33-5-2)20-22-12-16-24(17-13-22)34-21-27(30-35-6-3)23-14-18-26(19-15-23)36-25-10-8-7-9-11-25/h7-19,28H,4-6,20-21H2,1-3H3. The first-order valence-corrected chi connectivity index (χ1v) is 12.1. The van der Waals surface area contributed by atoms with Crippen LogP contribution in [-0.2, 0) is 25.5 Å². The predicted octanol–water partition coefficient (Wildman–Crippen LogP) is 5.81. The lowest BCUT2D eigenvalue weighted by Crippen LogP contribution is -2.28. The minimum atomic E-state index is -0.625. The topological polar surface area (TPSA) is 75.6 Å². The van der Waals surface area contributed by atoms with E-state index in [-0.39, 0.29) is 12.6 Å². The van der Waals surface area contributed by atoms with Gasteiger partial charge in [0.2, 0.25) is 0 Å². The van der Waals surface area contributed by atoms with E-state index in [9.17, 15) is 4.79 Å². The molecule has 0 spiro atoms. The van der Waals surface area contributed by atoms with Gasteiger partial charge >= 0.3 is 5.97 Å². The first kappa shape index (κ1) is 26.8. The minimum Gasteiger partial charge on any atom is -0.487 e. The van der Waals surface area contributed by atoms with Crippen molar-refractivity contribution in [3.63, 3.8) is 0 Å². The summed E-state index contributed by atoms with van der Waals surface area (Å²) in [5.41, 5.74) is 2.48. The molecule has 0 N–H and O–H groups in total. The van der Waals surface area contributed by atoms with Crippen molar-refractivity contribution in [2.24, 2.45) is 5.16 Å². The van der Waals surface area contributed by atoms with E-state index in [4.69, 9.17) is 23.8 Å². The zero-order valence-electron chi connectivity index (χ0n) is 21.0. The van der Waals surface area contributed by atoms with Crippen molar-refractivity contribution < 1.29 is 28.6 Å². The fourth-order valence-electron chi connectivity index (χ4n) is 3.38. The highest BCUT2D eigenvalue weighted by Gasteiger charge is 2.20. The number of benzene rings is 3. The Morgan fingerprint density at radius 3 is 2.08 bits per heavy atom. The van der Waals surface area contributed by atoms with Gasteiger partial charge in [-0.2, -0.15) is 0 Å². The average Bonchev–Trinajstić information content (AvgIpc) is 2.91. The number of rotatable bonds is 14. The van der Waals surface area contributed by atoms with Gasteiger partial charge in [0.25, 0.3) is 0 Å². The number of carbonyl (C=O) groups is 1. The summed E-state index contributed by atoms with van der Waals surface area (Å²) in [5.74, 6) is 1.83. The molecule has 7 heteroatoms. The number of para-hydroxylation sites is 1. The number of hydrogen-bond donors (Lipinski definition) is 0. The Morgan fingerprint density at radius 1 is 0.778 bits per heavy atom. The molecule has 0 fully saturated rings. The Bertz CT molecular complexity index is 1080. The van der Waals surface area contributed by atoms with Gasteiger partial charge in [0.1, 0.15) is 36.2 Å². The third-order valence-electron chi connectivity index (χ3n) is 5.11. The number of esters is 1. The molecule has 36 heavy (non-hydrogen) atoms. The highest BCUT2D eigenvalue weighted by atomic mass is 16.6. The van der Waals surface area contributed by atoms with Gasteiger partial charge in [0.15, 0.2) is 6.10 Å². The van der Waals surface area contributed by atoms with Gasteiger partial charge in [-0.1, -0.05) is 35.5 Å². The molecule has 0 heterocycles. The Kier molecular flexibility index (Phi) is 10.8. The molecule has 0 aliphatic carbocycles. The summed E-state index contributed by atoms with van der Waals surface area (Å²) >= 11 is 0. The molecule has 0 saturated heterocycles. The van der Waals surface area contributed by atoms with Crippen molar-refractivity contribution in [2.75, 3.05) is 26.4 Å². The largest absolute Gasteiger partial charge is 0.487 e. The van der Waals surface area contributed by atoms with Crippen molar-refractivity contribution in [1.82, 2.24) is 0 Å². The van der Waals surface area contributed by atoms with Gasteiger partial charge in [-0.15, -0.1) is 0 Å². The second kappa shape index (κ2) is 14.5. The quantitative estimate of drug-likeness (QED) is 0.161. The van der Waals surface area contributed by atoms with Crippen LogP contribution in [0.5, 0.6) is 17.2 Å². The zero-order chi connectivity index (χ0) is 25.6. The zero-order valence-corrected chi connectivity index (χ0v) is 21.0. The molecule has 3 aromatic rings. The molecule has 1 atom stereocenters. The van der Waals surface area contributed by atoms with Crippen molar-refractivity contribution in [2.45, 2.75) is 33.3 Å². The monoisotopic (exact) mass is 491 g/mol. The third-order valence-corrected chi connectivity index (χ3v) is 5.11. The van der Waals surface area contributed by atoms with Crippen LogP contribution in [0.15, 0.2) is 84.0 Å². The lowest BCUT2D eigenvalue weighted by atomic mass is 10.1. The van der Waals surface area contributed by atoms with Crippen molar-refractivity contribution in [1.29, 1.82) is 0 Å². The van der Waals surface area contributed by atoms with Crippen LogP contribution in [0.2, 0.25) is 0 Å². The molecule has 0 amide bonds. The van der Waals surface area contributed by atoms with E-state index in [1.54, 1.807) is 6.92 Å². The number of nitrogens with zero attached hydrogens (tertiary/aromatic N) is 1. The number of hydrogen-bond acceptors (Lipinski definition) is 7. The van der Waals surface area contributed by atoms with Crippen LogP contribution in [0.1, 0.15) is 31.9 Å². The Morgan fingerprint density at radius 2 is 1.44 bits per heavy atom. The van der Waals surface area contributed by atoms with E-state index < -0.39 is 6.10 Å². The summed E-state index contributed by atoms with van der Waals surface area (Å²) in [4.78, 5) is 17.4. The Hall–Kier alpha value is -3.84. The van der Waals surface area contributed by atoms with Gasteiger partial charge in [0.05, 0.1) is 6.61 Å². The molecule has 7 nitrogen and oxygen atoms in total. The van der Waals surface area contributed by atoms with Gasteiger partial charge in [0, 0.05) is 18.6 Å². The van der Waals surface area contributed by atoms with Crippen LogP contribution < -0.4 is 9.47 Å². The molecular weight excluding hydrogens is 458 g/mol. The number of ether oxygens (including phenoxy) is 4. The number of oxime groups is 1. The first-order valence-electron chi connectivity index (χ1n) is 12.1. The second-order valence-electron chi connectivity index (χ2n) is 7.73. The van der Waals surface area contributed by atoms with Crippen LogP contribution in [0.25, 0.3) is 0 Å². The van der Waals surface area contributed by atoms with Gasteiger partial charge in [-0.25, -0.2) is 4.79 Å². The maximum absolute atomic E-state index is 12.1. The molecule has 0 radical (unpaired) electrons. The summed E-state index contributed by atoms with van der Waals surface area (Å²) in [6.45, 7) is 6.95. The highest BCUT2D eigenvalue weighted by Crippen LogP contribution is 2.22. The molecule has 0 saturated carbocycles. The maximum Gasteiger partial charge on any atom is 0.335 e. The molecule has 190 valence electrons. The fraction of sp³-hybridized carbons (Fsp3) is 0.310. The van der Waals surface area contributed by atoms with Crippen LogP contribution in [0.4, 0.5) is 0 Å². The summed E-state index contributed by atoms with van der Waals surface area (Å²) in [6, 6.07) is 24.8. The van der Waals surface area contributed by atoms with E-state index in [0.717, 1.165) is 22.6 Å². The van der Waals surface area contributed by atoms with Gasteiger partial charge in [-0.05, 0) is 74.9 Å². The highest BCUT2D eigenvalue weighted by molar-refractivity contribution is 6.01. The normalized spacial score (nSPS) is 12.0. The van der Waals surface area contributed by atoms with Gasteiger partial charge in [-0.3, -0.25) is 0 Å². The van der Waals surface area contributed by atoms with E-state index in [2.05, 4.69) is 5.16 Å². The lowest BCUT2D eigenvalue weighted by Gasteiger charge is -2.16. The van der Waals surface area contributed by atoms with Crippen molar-refractivity contribution >= 4 is 11.7 Å². The Balaban J connectivity index is 1.61. The summed E-state index contributed by atoms with van der Waals surface area (Å²) in [7, 11) is 0. The van der Waals surface area contributed by atoms with Crippen LogP contribution in [-0.4, -0.2) is 44.2 Å². The summed E-state index contributed by atoms with van der Waals surface area (Å²) in [5, 5.41) is 4.24. The van der Waals surface area contributed by atoms with E-state index in [1.165, 1.54) is 0 Å². The van der Waals surface area contributed by atoms with E-state index >= 15 is 0 Å². The molecule has 0 aromatic heterocycles.